The predicted molar refractivity (Wildman–Crippen MR) is 102 cm³/mol. The number of nitrogens with zero attached hydrogens (tertiary/aromatic N) is 1. The van der Waals surface area contributed by atoms with E-state index in [-0.39, 0.29) is 23.2 Å². The Morgan fingerprint density at radius 3 is 2.46 bits per heavy atom. The fourth-order valence-corrected chi connectivity index (χ4v) is 4.76. The summed E-state index contributed by atoms with van der Waals surface area (Å²) in [5.74, 6) is 0.00478. The number of phenolic OH excluding ortho intramolecular Hbond substituents is 3. The minimum Gasteiger partial charge on any atom is -0.506 e. The number of unbranched alkanes of at least 4 members (excludes halogenated alkanes) is 1. The van der Waals surface area contributed by atoms with Gasteiger partial charge in [-0.2, -0.15) is 0 Å². The molecule has 1 aliphatic heterocycles. The van der Waals surface area contributed by atoms with E-state index in [2.05, 4.69) is 11.8 Å². The SMILES string of the molecule is CCCCN1Cc2cc(Cl)c(O)cc2[C@@H]2c3cc(O)c(O)cc3CC[C@H]21. The Morgan fingerprint density at radius 1 is 1.00 bits per heavy atom. The number of halogens is 1. The molecule has 1 heterocycles. The van der Waals surface area contributed by atoms with Gasteiger partial charge < -0.3 is 15.3 Å². The largest absolute Gasteiger partial charge is 0.506 e. The maximum absolute atomic E-state index is 10.2. The lowest BCUT2D eigenvalue weighted by Gasteiger charge is -2.46. The number of hydrogen-bond acceptors (Lipinski definition) is 4. The van der Waals surface area contributed by atoms with E-state index in [1.54, 1.807) is 18.2 Å². The molecule has 0 saturated carbocycles. The van der Waals surface area contributed by atoms with Crippen molar-refractivity contribution in [3.63, 3.8) is 0 Å². The summed E-state index contributed by atoms with van der Waals surface area (Å²) in [4.78, 5) is 2.51. The molecular weight excluding hydrogens is 350 g/mol. The van der Waals surface area contributed by atoms with Crippen molar-refractivity contribution in [2.75, 3.05) is 6.54 Å². The highest BCUT2D eigenvalue weighted by Crippen LogP contribution is 2.48. The number of fused-ring (bicyclic) bond motifs is 5. The molecule has 0 fully saturated rings. The Hall–Kier alpha value is -1.91. The molecule has 2 aliphatic rings. The third kappa shape index (κ3) is 2.81. The van der Waals surface area contributed by atoms with Gasteiger partial charge in [0.15, 0.2) is 11.5 Å². The predicted octanol–water partition coefficient (Wildman–Crippen LogP) is 4.52. The molecule has 1 aliphatic carbocycles. The fraction of sp³-hybridized carbons (Fsp3) is 0.429. The van der Waals surface area contributed by atoms with Crippen LogP contribution >= 0.6 is 11.6 Å². The molecule has 4 rings (SSSR count). The van der Waals surface area contributed by atoms with E-state index in [1.165, 1.54) is 0 Å². The second kappa shape index (κ2) is 6.67. The average Bonchev–Trinajstić information content (AvgIpc) is 2.61. The zero-order valence-electron chi connectivity index (χ0n) is 14.9. The third-order valence-corrected chi connectivity index (χ3v) is 6.15. The summed E-state index contributed by atoms with van der Waals surface area (Å²) in [5.41, 5.74) is 4.32. The number of rotatable bonds is 3. The quantitative estimate of drug-likeness (QED) is 0.692. The zero-order chi connectivity index (χ0) is 18.4. The number of phenols is 3. The van der Waals surface area contributed by atoms with Crippen LogP contribution in [0.5, 0.6) is 17.2 Å². The van der Waals surface area contributed by atoms with Gasteiger partial charge >= 0.3 is 0 Å². The summed E-state index contributed by atoms with van der Waals surface area (Å²) in [6.07, 6.45) is 4.15. The standard InChI is InChI=1S/C21H24ClNO3/c1-2-3-6-23-11-13-7-16(22)18(24)9-15(13)21-14-10-20(26)19(25)8-12(14)4-5-17(21)23/h7-10,17,21,24-26H,2-6,11H2,1H3/t17-,21+/m1/s1. The highest BCUT2D eigenvalue weighted by molar-refractivity contribution is 6.32. The van der Waals surface area contributed by atoms with E-state index in [0.29, 0.717) is 11.1 Å². The van der Waals surface area contributed by atoms with E-state index < -0.39 is 0 Å². The summed E-state index contributed by atoms with van der Waals surface area (Å²) >= 11 is 6.18. The summed E-state index contributed by atoms with van der Waals surface area (Å²) < 4.78 is 0. The molecule has 0 bridgehead atoms. The number of aromatic hydroxyl groups is 3. The van der Waals surface area contributed by atoms with Crippen molar-refractivity contribution < 1.29 is 15.3 Å². The Kier molecular flexibility index (Phi) is 4.49. The first kappa shape index (κ1) is 17.5. The fourth-order valence-electron chi connectivity index (χ4n) is 4.58. The van der Waals surface area contributed by atoms with Gasteiger partial charge in [-0.1, -0.05) is 24.9 Å². The lowest BCUT2D eigenvalue weighted by Crippen LogP contribution is -2.46. The molecule has 5 heteroatoms. The van der Waals surface area contributed by atoms with E-state index in [0.717, 1.165) is 61.0 Å². The lowest BCUT2D eigenvalue weighted by atomic mass is 9.71. The van der Waals surface area contributed by atoms with Crippen molar-refractivity contribution in [2.45, 2.75) is 51.1 Å². The van der Waals surface area contributed by atoms with Gasteiger partial charge in [0.05, 0.1) is 5.02 Å². The molecule has 0 spiro atoms. The minimum atomic E-state index is -0.0881. The smallest absolute Gasteiger partial charge is 0.157 e. The van der Waals surface area contributed by atoms with Crippen molar-refractivity contribution in [1.82, 2.24) is 4.90 Å². The Bertz CT molecular complexity index is 852. The molecule has 3 N–H and O–H groups in total. The summed E-state index contributed by atoms with van der Waals surface area (Å²) in [5, 5.41) is 30.5. The van der Waals surface area contributed by atoms with Crippen LogP contribution in [-0.4, -0.2) is 32.8 Å². The van der Waals surface area contributed by atoms with Crippen molar-refractivity contribution >= 4 is 11.6 Å². The molecular formula is C21H24ClNO3. The Balaban J connectivity index is 1.87. The van der Waals surface area contributed by atoms with Gasteiger partial charge in [-0.3, -0.25) is 4.90 Å². The van der Waals surface area contributed by atoms with Gasteiger partial charge in [0, 0.05) is 18.5 Å². The van der Waals surface area contributed by atoms with Gasteiger partial charge in [-0.05, 0) is 72.3 Å². The maximum Gasteiger partial charge on any atom is 0.157 e. The van der Waals surface area contributed by atoms with Gasteiger partial charge in [0.25, 0.3) is 0 Å². The van der Waals surface area contributed by atoms with Crippen LogP contribution in [0.4, 0.5) is 0 Å². The average molecular weight is 374 g/mol. The van der Waals surface area contributed by atoms with Crippen LogP contribution in [-0.2, 0) is 13.0 Å². The van der Waals surface area contributed by atoms with Crippen molar-refractivity contribution in [3.05, 3.63) is 51.5 Å². The highest BCUT2D eigenvalue weighted by Gasteiger charge is 2.40. The van der Waals surface area contributed by atoms with Crippen LogP contribution in [0.3, 0.4) is 0 Å². The first-order valence-electron chi connectivity index (χ1n) is 9.29. The molecule has 0 radical (unpaired) electrons. The molecule has 0 saturated heterocycles. The summed E-state index contributed by atoms with van der Waals surface area (Å²) in [6.45, 7) is 4.05. The zero-order valence-corrected chi connectivity index (χ0v) is 15.6. The van der Waals surface area contributed by atoms with Crippen LogP contribution in [0.25, 0.3) is 0 Å². The molecule has 0 amide bonds. The number of hydrogen-bond donors (Lipinski definition) is 3. The molecule has 26 heavy (non-hydrogen) atoms. The van der Waals surface area contributed by atoms with Gasteiger partial charge in [-0.25, -0.2) is 0 Å². The van der Waals surface area contributed by atoms with Crippen LogP contribution < -0.4 is 0 Å². The van der Waals surface area contributed by atoms with E-state index in [9.17, 15) is 15.3 Å². The number of benzene rings is 2. The monoisotopic (exact) mass is 373 g/mol. The van der Waals surface area contributed by atoms with E-state index in [1.807, 2.05) is 6.07 Å². The van der Waals surface area contributed by atoms with Crippen molar-refractivity contribution in [3.8, 4) is 17.2 Å². The minimum absolute atomic E-state index is 0.0639. The van der Waals surface area contributed by atoms with Crippen molar-refractivity contribution in [2.24, 2.45) is 0 Å². The first-order chi connectivity index (χ1) is 12.5. The molecule has 0 aromatic heterocycles. The first-order valence-corrected chi connectivity index (χ1v) is 9.67. The van der Waals surface area contributed by atoms with E-state index >= 15 is 0 Å². The van der Waals surface area contributed by atoms with Gasteiger partial charge in [-0.15, -0.1) is 0 Å². The van der Waals surface area contributed by atoms with Crippen LogP contribution in [0.15, 0.2) is 24.3 Å². The molecule has 2 aromatic rings. The lowest BCUT2D eigenvalue weighted by molar-refractivity contribution is 0.139. The van der Waals surface area contributed by atoms with Crippen LogP contribution in [0, 0.1) is 0 Å². The second-order valence-corrected chi connectivity index (χ2v) is 7.86. The Labute approximate surface area is 158 Å². The molecule has 0 unspecified atom stereocenters. The summed E-state index contributed by atoms with van der Waals surface area (Å²) in [7, 11) is 0. The van der Waals surface area contributed by atoms with Crippen LogP contribution in [0.2, 0.25) is 5.02 Å². The number of aryl methyl sites for hydroxylation is 1. The molecule has 4 nitrogen and oxygen atoms in total. The molecule has 2 aromatic carbocycles. The van der Waals surface area contributed by atoms with Gasteiger partial charge in [0.2, 0.25) is 0 Å². The normalized spacial score (nSPS) is 21.8. The van der Waals surface area contributed by atoms with E-state index in [4.69, 9.17) is 11.6 Å². The maximum atomic E-state index is 10.2. The summed E-state index contributed by atoms with van der Waals surface area (Å²) in [6, 6.07) is 7.36. The third-order valence-electron chi connectivity index (χ3n) is 5.85. The Morgan fingerprint density at radius 2 is 1.69 bits per heavy atom. The van der Waals surface area contributed by atoms with Gasteiger partial charge in [0.1, 0.15) is 5.75 Å². The van der Waals surface area contributed by atoms with Crippen LogP contribution in [0.1, 0.15) is 54.4 Å². The molecule has 138 valence electrons. The van der Waals surface area contributed by atoms with Crippen molar-refractivity contribution in [1.29, 1.82) is 0 Å². The molecule has 2 atom stereocenters. The highest BCUT2D eigenvalue weighted by atomic mass is 35.5. The second-order valence-electron chi connectivity index (χ2n) is 7.45. The topological polar surface area (TPSA) is 63.9 Å².